The fourth-order valence-electron chi connectivity index (χ4n) is 3.22. The molecule has 4 rings (SSSR count). The summed E-state index contributed by atoms with van der Waals surface area (Å²) in [7, 11) is 0. The molecule has 0 bridgehead atoms. The van der Waals surface area contributed by atoms with Gasteiger partial charge in [-0.3, -0.25) is 19.3 Å². The second-order valence-electron chi connectivity index (χ2n) is 7.19. The molecule has 0 unspecified atom stereocenters. The number of aromatic nitrogens is 1. The van der Waals surface area contributed by atoms with Gasteiger partial charge in [0.25, 0.3) is 11.1 Å². The molecule has 1 saturated heterocycles. The predicted molar refractivity (Wildman–Crippen MR) is 127 cm³/mol. The highest BCUT2D eigenvalue weighted by molar-refractivity contribution is 8.18. The second-order valence-corrected chi connectivity index (χ2v) is 8.59. The SMILES string of the molecule is O=C(CCc1ncc(-c2ccccc2Cl)o1)NCCN1C(=O)S/C(=C\c2ccccc2)C1=O. The molecule has 1 N–H and O–H groups in total. The molecular weight excluding hydrogens is 462 g/mol. The topological polar surface area (TPSA) is 92.5 Å². The number of aryl methyl sites for hydroxylation is 1. The molecule has 0 aliphatic carbocycles. The van der Waals surface area contributed by atoms with E-state index in [2.05, 4.69) is 10.3 Å². The van der Waals surface area contributed by atoms with Crippen molar-refractivity contribution in [3.63, 3.8) is 0 Å². The minimum atomic E-state index is -0.352. The van der Waals surface area contributed by atoms with Crippen LogP contribution in [-0.2, 0) is 16.0 Å². The van der Waals surface area contributed by atoms with Crippen molar-refractivity contribution < 1.29 is 18.8 Å². The van der Waals surface area contributed by atoms with E-state index in [1.54, 1.807) is 18.3 Å². The zero-order valence-corrected chi connectivity index (χ0v) is 19.1. The summed E-state index contributed by atoms with van der Waals surface area (Å²) in [6.07, 6.45) is 3.75. The number of carbonyl (C=O) groups excluding carboxylic acids is 3. The molecule has 0 saturated carbocycles. The van der Waals surface area contributed by atoms with Crippen molar-refractivity contribution >= 4 is 46.5 Å². The summed E-state index contributed by atoms with van der Waals surface area (Å²) < 4.78 is 5.69. The number of carbonyl (C=O) groups is 3. The summed E-state index contributed by atoms with van der Waals surface area (Å²) in [5, 5.41) is 2.94. The average Bonchev–Trinajstić information content (AvgIpc) is 3.39. The lowest BCUT2D eigenvalue weighted by Crippen LogP contribution is -2.37. The molecule has 9 heteroatoms. The van der Waals surface area contributed by atoms with Gasteiger partial charge in [0.05, 0.1) is 16.1 Å². The summed E-state index contributed by atoms with van der Waals surface area (Å²) >= 11 is 7.07. The first kappa shape index (κ1) is 22.8. The van der Waals surface area contributed by atoms with Gasteiger partial charge >= 0.3 is 0 Å². The van der Waals surface area contributed by atoms with Crippen LogP contribution >= 0.6 is 23.4 Å². The van der Waals surface area contributed by atoms with Crippen LogP contribution in [0.4, 0.5) is 4.79 Å². The van der Waals surface area contributed by atoms with Gasteiger partial charge in [-0.1, -0.05) is 54.1 Å². The van der Waals surface area contributed by atoms with E-state index in [1.165, 1.54) is 0 Å². The molecule has 0 radical (unpaired) electrons. The summed E-state index contributed by atoms with van der Waals surface area (Å²) in [4.78, 5) is 42.6. The van der Waals surface area contributed by atoms with Crippen molar-refractivity contribution in [1.29, 1.82) is 0 Å². The van der Waals surface area contributed by atoms with E-state index in [0.717, 1.165) is 27.8 Å². The lowest BCUT2D eigenvalue weighted by molar-refractivity contribution is -0.124. The Morgan fingerprint density at radius 1 is 1.12 bits per heavy atom. The molecule has 168 valence electrons. The van der Waals surface area contributed by atoms with E-state index in [1.807, 2.05) is 48.5 Å². The van der Waals surface area contributed by atoms with Gasteiger partial charge in [0.1, 0.15) is 0 Å². The quantitative estimate of drug-likeness (QED) is 0.465. The van der Waals surface area contributed by atoms with Crippen LogP contribution in [0.25, 0.3) is 17.4 Å². The van der Waals surface area contributed by atoms with Crippen LogP contribution in [0, 0.1) is 0 Å². The first-order chi connectivity index (χ1) is 16.0. The Labute approximate surface area is 199 Å². The number of imide groups is 1. The van der Waals surface area contributed by atoms with Gasteiger partial charge in [0.15, 0.2) is 11.7 Å². The number of benzene rings is 2. The maximum absolute atomic E-state index is 12.5. The number of nitrogens with zero attached hydrogens (tertiary/aromatic N) is 2. The lowest BCUT2D eigenvalue weighted by atomic mass is 10.2. The third kappa shape index (κ3) is 5.71. The molecule has 0 atom stereocenters. The summed E-state index contributed by atoms with van der Waals surface area (Å²) in [6, 6.07) is 16.6. The third-order valence-electron chi connectivity index (χ3n) is 4.89. The normalized spacial score (nSPS) is 14.8. The van der Waals surface area contributed by atoms with Crippen molar-refractivity contribution in [2.45, 2.75) is 12.8 Å². The van der Waals surface area contributed by atoms with Gasteiger partial charge in [-0.05, 0) is 35.5 Å². The summed E-state index contributed by atoms with van der Waals surface area (Å²) in [5.74, 6) is 0.394. The molecule has 3 aromatic rings. The Morgan fingerprint density at radius 3 is 2.67 bits per heavy atom. The van der Waals surface area contributed by atoms with Gasteiger partial charge in [-0.25, -0.2) is 4.98 Å². The average molecular weight is 482 g/mol. The number of halogens is 1. The summed E-state index contributed by atoms with van der Waals surface area (Å²) in [5.41, 5.74) is 1.58. The number of hydrogen-bond acceptors (Lipinski definition) is 6. The number of amides is 3. The Hall–Kier alpha value is -3.36. The first-order valence-electron chi connectivity index (χ1n) is 10.3. The largest absolute Gasteiger partial charge is 0.441 e. The van der Waals surface area contributed by atoms with Gasteiger partial charge in [0, 0.05) is 31.5 Å². The van der Waals surface area contributed by atoms with Crippen LogP contribution in [-0.4, -0.2) is 40.0 Å². The van der Waals surface area contributed by atoms with Gasteiger partial charge in [-0.2, -0.15) is 0 Å². The minimum absolute atomic E-state index is 0.109. The fraction of sp³-hybridized carbons (Fsp3) is 0.167. The molecule has 2 heterocycles. The zero-order chi connectivity index (χ0) is 23.2. The minimum Gasteiger partial charge on any atom is -0.441 e. The highest BCUT2D eigenvalue weighted by Crippen LogP contribution is 2.32. The summed E-state index contributed by atoms with van der Waals surface area (Å²) in [6.45, 7) is 0.282. The van der Waals surface area contributed by atoms with Crippen LogP contribution in [0.1, 0.15) is 17.9 Å². The molecule has 2 aromatic carbocycles. The number of nitrogens with one attached hydrogen (secondary N) is 1. The van der Waals surface area contributed by atoms with E-state index in [9.17, 15) is 14.4 Å². The highest BCUT2D eigenvalue weighted by Gasteiger charge is 2.34. The van der Waals surface area contributed by atoms with Gasteiger partial charge < -0.3 is 9.73 Å². The van der Waals surface area contributed by atoms with Crippen molar-refractivity contribution in [3.8, 4) is 11.3 Å². The van der Waals surface area contributed by atoms with E-state index >= 15 is 0 Å². The molecule has 0 spiro atoms. The van der Waals surface area contributed by atoms with Crippen LogP contribution in [0.3, 0.4) is 0 Å². The number of oxazole rings is 1. The van der Waals surface area contributed by atoms with E-state index in [-0.39, 0.29) is 36.6 Å². The number of thioether (sulfide) groups is 1. The molecule has 7 nitrogen and oxygen atoms in total. The zero-order valence-electron chi connectivity index (χ0n) is 17.5. The fourth-order valence-corrected chi connectivity index (χ4v) is 4.31. The Bertz CT molecular complexity index is 1210. The number of hydrogen-bond donors (Lipinski definition) is 1. The van der Waals surface area contributed by atoms with Gasteiger partial charge in [0.2, 0.25) is 5.91 Å². The van der Waals surface area contributed by atoms with E-state index < -0.39 is 0 Å². The maximum atomic E-state index is 12.5. The van der Waals surface area contributed by atoms with Crippen molar-refractivity contribution in [2.24, 2.45) is 0 Å². The van der Waals surface area contributed by atoms with Crippen LogP contribution < -0.4 is 5.32 Å². The Balaban J connectivity index is 1.24. The molecule has 1 aromatic heterocycles. The van der Waals surface area contributed by atoms with Crippen molar-refractivity contribution in [3.05, 3.63) is 82.2 Å². The van der Waals surface area contributed by atoms with Crippen LogP contribution in [0.15, 0.2) is 70.1 Å². The molecule has 1 aliphatic rings. The molecular formula is C24H20ClN3O4S. The standard InChI is InChI=1S/C24H20ClN3O4S/c25-18-9-5-4-8-17(18)19-15-27-22(32-19)11-10-21(29)26-12-13-28-23(30)20(33-24(28)31)14-16-6-2-1-3-7-16/h1-9,14-15H,10-13H2,(H,26,29)/b20-14-. The van der Waals surface area contributed by atoms with Crippen LogP contribution in [0.2, 0.25) is 5.02 Å². The predicted octanol–water partition coefficient (Wildman–Crippen LogP) is 4.78. The lowest BCUT2D eigenvalue weighted by Gasteiger charge is -2.12. The first-order valence-corrected chi connectivity index (χ1v) is 11.5. The van der Waals surface area contributed by atoms with E-state index in [4.69, 9.17) is 16.0 Å². The van der Waals surface area contributed by atoms with E-state index in [0.29, 0.717) is 28.0 Å². The monoisotopic (exact) mass is 481 g/mol. The molecule has 1 aliphatic heterocycles. The Morgan fingerprint density at radius 2 is 1.88 bits per heavy atom. The maximum Gasteiger partial charge on any atom is 0.293 e. The number of rotatable bonds is 8. The smallest absolute Gasteiger partial charge is 0.293 e. The second kappa shape index (κ2) is 10.5. The third-order valence-corrected chi connectivity index (χ3v) is 6.12. The van der Waals surface area contributed by atoms with Crippen molar-refractivity contribution in [2.75, 3.05) is 13.1 Å². The molecule has 33 heavy (non-hydrogen) atoms. The van der Waals surface area contributed by atoms with Crippen LogP contribution in [0.5, 0.6) is 0 Å². The molecule has 1 fully saturated rings. The molecule has 3 amide bonds. The van der Waals surface area contributed by atoms with Crippen molar-refractivity contribution in [1.82, 2.24) is 15.2 Å². The van der Waals surface area contributed by atoms with Gasteiger partial charge in [-0.15, -0.1) is 0 Å². The Kier molecular flexibility index (Phi) is 7.26. The highest BCUT2D eigenvalue weighted by atomic mass is 35.5.